The van der Waals surface area contributed by atoms with Crippen molar-refractivity contribution in [1.82, 2.24) is 15.0 Å². The molecule has 0 atom stereocenters. The van der Waals surface area contributed by atoms with E-state index < -0.39 is 5.60 Å². The smallest absolute Gasteiger partial charge is 0.232 e. The molecule has 1 aliphatic heterocycles. The number of aromatic nitrogens is 3. The Morgan fingerprint density at radius 1 is 1.18 bits per heavy atom. The monoisotopic (exact) mass is 395 g/mol. The SMILES string of the molecule is COc1cnc2c(-c3nc4cc(F)c5c(c4s3)CC(C)(C)O5)cc(C)cc2n1. The number of rotatable bonds is 2. The average molecular weight is 395 g/mol. The first-order valence-electron chi connectivity index (χ1n) is 8.97. The standard InChI is InChI=1S/C21H18FN3O2S/c1-10-5-11(17-14(6-10)24-16(26-4)9-23-17)20-25-15-7-13(22)18-12(19(15)28-20)8-21(2,3)27-18/h5-7,9H,8H2,1-4H3. The van der Waals surface area contributed by atoms with Gasteiger partial charge in [0.05, 0.1) is 34.6 Å². The van der Waals surface area contributed by atoms with Crippen molar-refractivity contribution in [3.05, 3.63) is 41.3 Å². The van der Waals surface area contributed by atoms with Crippen LogP contribution >= 0.6 is 11.3 Å². The summed E-state index contributed by atoms with van der Waals surface area (Å²) in [5.74, 6) is 0.461. The molecule has 5 rings (SSSR count). The normalized spacial score (nSPS) is 15.0. The van der Waals surface area contributed by atoms with E-state index in [1.807, 2.05) is 32.9 Å². The fraction of sp³-hybridized carbons (Fsp3) is 0.286. The van der Waals surface area contributed by atoms with Gasteiger partial charge < -0.3 is 9.47 Å². The lowest BCUT2D eigenvalue weighted by Gasteiger charge is -2.16. The molecular weight excluding hydrogens is 377 g/mol. The molecule has 0 unspecified atom stereocenters. The van der Waals surface area contributed by atoms with Gasteiger partial charge >= 0.3 is 0 Å². The number of fused-ring (bicyclic) bond motifs is 4. The highest BCUT2D eigenvalue weighted by Gasteiger charge is 2.35. The molecule has 2 aromatic heterocycles. The highest BCUT2D eigenvalue weighted by atomic mass is 32.1. The Morgan fingerprint density at radius 2 is 2.00 bits per heavy atom. The minimum absolute atomic E-state index is 0.353. The molecule has 28 heavy (non-hydrogen) atoms. The molecule has 0 radical (unpaired) electrons. The van der Waals surface area contributed by atoms with Crippen LogP contribution in [0.2, 0.25) is 0 Å². The fourth-order valence-corrected chi connectivity index (χ4v) is 4.81. The number of hydrogen-bond acceptors (Lipinski definition) is 6. The second-order valence-corrected chi connectivity index (χ2v) is 8.66. The van der Waals surface area contributed by atoms with Crippen molar-refractivity contribution in [3.63, 3.8) is 0 Å². The summed E-state index contributed by atoms with van der Waals surface area (Å²) < 4.78 is 26.6. The second kappa shape index (κ2) is 5.85. The van der Waals surface area contributed by atoms with E-state index in [0.717, 1.165) is 37.4 Å². The zero-order valence-corrected chi connectivity index (χ0v) is 16.8. The van der Waals surface area contributed by atoms with Gasteiger partial charge in [-0.2, -0.15) is 0 Å². The zero-order chi connectivity index (χ0) is 19.6. The molecule has 1 aliphatic rings. The van der Waals surface area contributed by atoms with Gasteiger partial charge in [0, 0.05) is 23.6 Å². The number of nitrogens with zero attached hydrogens (tertiary/aromatic N) is 3. The Morgan fingerprint density at radius 3 is 2.79 bits per heavy atom. The quantitative estimate of drug-likeness (QED) is 0.474. The van der Waals surface area contributed by atoms with Crippen LogP contribution in [0.4, 0.5) is 4.39 Å². The highest BCUT2D eigenvalue weighted by Crippen LogP contribution is 2.45. The average Bonchev–Trinajstić information content (AvgIpc) is 3.20. The van der Waals surface area contributed by atoms with Crippen LogP contribution in [0.5, 0.6) is 11.6 Å². The molecule has 0 bridgehead atoms. The predicted octanol–water partition coefficient (Wildman–Crippen LogP) is 5.08. The number of halogens is 1. The summed E-state index contributed by atoms with van der Waals surface area (Å²) in [6.07, 6.45) is 2.26. The fourth-order valence-electron chi connectivity index (χ4n) is 3.71. The minimum Gasteiger partial charge on any atom is -0.484 e. The molecule has 0 saturated carbocycles. The lowest BCUT2D eigenvalue weighted by atomic mass is 10.0. The third kappa shape index (κ3) is 2.61. The summed E-state index contributed by atoms with van der Waals surface area (Å²) in [7, 11) is 1.57. The van der Waals surface area contributed by atoms with Gasteiger partial charge in [-0.1, -0.05) is 0 Å². The molecule has 0 fully saturated rings. The van der Waals surface area contributed by atoms with Crippen molar-refractivity contribution < 1.29 is 13.9 Å². The number of hydrogen-bond donors (Lipinski definition) is 0. The maximum atomic E-state index is 14.6. The predicted molar refractivity (Wildman–Crippen MR) is 108 cm³/mol. The van der Waals surface area contributed by atoms with Gasteiger partial charge in [0.15, 0.2) is 11.6 Å². The Bertz CT molecular complexity index is 1270. The molecule has 0 spiro atoms. The molecule has 0 amide bonds. The number of methoxy groups -OCH3 is 1. The Hall–Kier alpha value is -2.80. The first-order valence-corrected chi connectivity index (χ1v) is 9.79. The third-order valence-electron chi connectivity index (χ3n) is 4.87. The molecule has 3 heterocycles. The summed E-state index contributed by atoms with van der Waals surface area (Å²) in [5.41, 5.74) is 4.55. The van der Waals surface area contributed by atoms with E-state index in [2.05, 4.69) is 9.97 Å². The largest absolute Gasteiger partial charge is 0.484 e. The molecule has 7 heteroatoms. The van der Waals surface area contributed by atoms with Crippen molar-refractivity contribution >= 4 is 32.6 Å². The molecule has 142 valence electrons. The summed E-state index contributed by atoms with van der Waals surface area (Å²) in [6.45, 7) is 5.94. The van der Waals surface area contributed by atoms with Crippen LogP contribution in [0.15, 0.2) is 24.4 Å². The number of ether oxygens (including phenoxy) is 2. The van der Waals surface area contributed by atoms with Crippen molar-refractivity contribution in [1.29, 1.82) is 0 Å². The first-order chi connectivity index (χ1) is 13.3. The molecule has 0 N–H and O–H groups in total. The van der Waals surface area contributed by atoms with Gasteiger partial charge in [0.2, 0.25) is 5.88 Å². The topological polar surface area (TPSA) is 57.1 Å². The summed E-state index contributed by atoms with van der Waals surface area (Å²) in [4.78, 5) is 13.8. The van der Waals surface area contributed by atoms with Crippen LogP contribution in [0.3, 0.4) is 0 Å². The van der Waals surface area contributed by atoms with E-state index in [4.69, 9.17) is 14.5 Å². The summed E-state index contributed by atoms with van der Waals surface area (Å²) >= 11 is 1.54. The van der Waals surface area contributed by atoms with E-state index in [9.17, 15) is 4.39 Å². The van der Waals surface area contributed by atoms with E-state index in [0.29, 0.717) is 23.6 Å². The Labute approximate surface area is 165 Å². The maximum Gasteiger partial charge on any atom is 0.232 e. The highest BCUT2D eigenvalue weighted by molar-refractivity contribution is 7.22. The third-order valence-corrected chi connectivity index (χ3v) is 6.04. The van der Waals surface area contributed by atoms with Crippen molar-refractivity contribution in [2.45, 2.75) is 32.8 Å². The van der Waals surface area contributed by atoms with Crippen molar-refractivity contribution in [2.75, 3.05) is 7.11 Å². The molecule has 0 saturated heterocycles. The lowest BCUT2D eigenvalue weighted by molar-refractivity contribution is 0.133. The molecule has 5 nitrogen and oxygen atoms in total. The number of aryl methyl sites for hydroxylation is 1. The molecular formula is C21H18FN3O2S. The Balaban J connectivity index is 1.75. The van der Waals surface area contributed by atoms with E-state index in [1.54, 1.807) is 24.6 Å². The van der Waals surface area contributed by atoms with E-state index in [-0.39, 0.29) is 5.82 Å². The van der Waals surface area contributed by atoms with E-state index >= 15 is 0 Å². The van der Waals surface area contributed by atoms with Gasteiger partial charge in [-0.15, -0.1) is 11.3 Å². The summed E-state index contributed by atoms with van der Waals surface area (Å²) in [5, 5.41) is 0.792. The van der Waals surface area contributed by atoms with Gasteiger partial charge in [-0.25, -0.2) is 19.3 Å². The second-order valence-electron chi connectivity index (χ2n) is 7.66. The first kappa shape index (κ1) is 17.3. The molecule has 4 aromatic rings. The summed E-state index contributed by atoms with van der Waals surface area (Å²) in [6, 6.07) is 5.47. The lowest BCUT2D eigenvalue weighted by Crippen LogP contribution is -2.24. The van der Waals surface area contributed by atoms with E-state index in [1.165, 1.54) is 6.07 Å². The van der Waals surface area contributed by atoms with Gasteiger partial charge in [-0.05, 0) is 38.5 Å². The van der Waals surface area contributed by atoms with Crippen LogP contribution < -0.4 is 9.47 Å². The molecule has 2 aromatic carbocycles. The Kier molecular flexibility index (Phi) is 3.61. The van der Waals surface area contributed by atoms with Crippen LogP contribution in [0, 0.1) is 12.7 Å². The maximum absolute atomic E-state index is 14.6. The molecule has 0 aliphatic carbocycles. The van der Waals surface area contributed by atoms with Crippen LogP contribution in [0.1, 0.15) is 25.0 Å². The van der Waals surface area contributed by atoms with Crippen molar-refractivity contribution in [3.8, 4) is 22.2 Å². The van der Waals surface area contributed by atoms with Crippen LogP contribution in [-0.4, -0.2) is 27.7 Å². The van der Waals surface area contributed by atoms with Crippen molar-refractivity contribution in [2.24, 2.45) is 0 Å². The number of thiazole rings is 1. The number of benzene rings is 2. The van der Waals surface area contributed by atoms with Gasteiger partial charge in [-0.3, -0.25) is 0 Å². The minimum atomic E-state index is -0.417. The van der Waals surface area contributed by atoms with Gasteiger partial charge in [0.1, 0.15) is 10.6 Å². The van der Waals surface area contributed by atoms with Gasteiger partial charge in [0.25, 0.3) is 0 Å². The zero-order valence-electron chi connectivity index (χ0n) is 16.0. The van der Waals surface area contributed by atoms with Crippen LogP contribution in [0.25, 0.3) is 31.8 Å². The van der Waals surface area contributed by atoms with Crippen LogP contribution in [-0.2, 0) is 6.42 Å².